The Bertz CT molecular complexity index is 559. The Morgan fingerprint density at radius 1 is 1.09 bits per heavy atom. The Morgan fingerprint density at radius 3 is 2.77 bits per heavy atom. The average molecular weight is 364 g/mol. The molecule has 0 atom stereocenters. The number of rotatable bonds is 9. The van der Waals surface area contributed by atoms with E-state index in [0.717, 1.165) is 54.1 Å². The van der Waals surface area contributed by atoms with Crippen molar-refractivity contribution in [3.8, 4) is 0 Å². The zero-order valence-corrected chi connectivity index (χ0v) is 14.4. The fraction of sp³-hybridized carbons (Fsp3) is 0.375. The fourth-order valence-corrected chi connectivity index (χ4v) is 2.31. The third kappa shape index (κ3) is 5.61. The van der Waals surface area contributed by atoms with Gasteiger partial charge in [0.15, 0.2) is 0 Å². The highest BCUT2D eigenvalue weighted by atomic mass is 79.9. The highest BCUT2D eigenvalue weighted by Gasteiger charge is 1.99. The van der Waals surface area contributed by atoms with Gasteiger partial charge in [-0.1, -0.05) is 0 Å². The first-order chi connectivity index (χ1) is 10.8. The van der Waals surface area contributed by atoms with Gasteiger partial charge in [-0.05, 0) is 53.2 Å². The van der Waals surface area contributed by atoms with Crippen LogP contribution in [0.2, 0.25) is 0 Å². The monoisotopic (exact) mass is 363 g/mol. The minimum atomic E-state index is 0.886. The molecule has 2 aromatic heterocycles. The van der Waals surface area contributed by atoms with Gasteiger partial charge in [-0.15, -0.1) is 0 Å². The van der Waals surface area contributed by atoms with Gasteiger partial charge in [0.25, 0.3) is 0 Å². The number of nitrogens with zero attached hydrogens (tertiary/aromatic N) is 2. The lowest BCUT2D eigenvalue weighted by molar-refractivity contribution is 0.655. The molecule has 0 aliphatic rings. The van der Waals surface area contributed by atoms with Crippen LogP contribution in [0.1, 0.15) is 12.1 Å². The zero-order valence-electron chi connectivity index (χ0n) is 12.8. The molecule has 0 radical (unpaired) electrons. The van der Waals surface area contributed by atoms with Crippen molar-refractivity contribution in [2.24, 2.45) is 0 Å². The molecule has 3 N–H and O–H groups in total. The van der Waals surface area contributed by atoms with E-state index in [1.165, 1.54) is 0 Å². The van der Waals surface area contributed by atoms with Crippen molar-refractivity contribution in [2.45, 2.75) is 12.8 Å². The van der Waals surface area contributed by atoms with Crippen molar-refractivity contribution in [2.75, 3.05) is 37.3 Å². The van der Waals surface area contributed by atoms with E-state index in [9.17, 15) is 0 Å². The topological polar surface area (TPSA) is 61.9 Å². The van der Waals surface area contributed by atoms with E-state index in [1.54, 1.807) is 6.20 Å². The third-order valence-electron chi connectivity index (χ3n) is 3.24. The van der Waals surface area contributed by atoms with Crippen molar-refractivity contribution in [1.82, 2.24) is 15.3 Å². The van der Waals surface area contributed by atoms with E-state index in [0.29, 0.717) is 0 Å². The Balaban J connectivity index is 1.57. The Morgan fingerprint density at radius 2 is 2.00 bits per heavy atom. The highest BCUT2D eigenvalue weighted by Crippen LogP contribution is 2.16. The van der Waals surface area contributed by atoms with Crippen molar-refractivity contribution >= 4 is 27.4 Å². The molecular weight excluding hydrogens is 342 g/mol. The maximum atomic E-state index is 4.36. The molecule has 0 saturated heterocycles. The molecule has 2 aromatic rings. The highest BCUT2D eigenvalue weighted by molar-refractivity contribution is 9.10. The summed E-state index contributed by atoms with van der Waals surface area (Å²) in [6.07, 6.45) is 5.64. The number of pyridine rings is 2. The minimum Gasteiger partial charge on any atom is -0.382 e. The van der Waals surface area contributed by atoms with Crippen LogP contribution in [0.15, 0.2) is 41.1 Å². The van der Waals surface area contributed by atoms with Crippen LogP contribution in [-0.2, 0) is 6.42 Å². The van der Waals surface area contributed by atoms with Gasteiger partial charge in [0.05, 0.1) is 5.69 Å². The second-order valence-electron chi connectivity index (χ2n) is 4.90. The lowest BCUT2D eigenvalue weighted by atomic mass is 10.2. The van der Waals surface area contributed by atoms with Crippen LogP contribution in [0.3, 0.4) is 0 Å². The second-order valence-corrected chi connectivity index (χ2v) is 5.81. The van der Waals surface area contributed by atoms with Gasteiger partial charge in [-0.2, -0.15) is 0 Å². The van der Waals surface area contributed by atoms with Crippen molar-refractivity contribution in [3.05, 3.63) is 46.8 Å². The fourth-order valence-electron chi connectivity index (χ4n) is 2.08. The Hall–Kier alpha value is -1.66. The van der Waals surface area contributed by atoms with Gasteiger partial charge in [0.2, 0.25) is 0 Å². The van der Waals surface area contributed by atoms with Crippen LogP contribution >= 0.6 is 15.9 Å². The van der Waals surface area contributed by atoms with Crippen LogP contribution < -0.4 is 16.0 Å². The Kier molecular flexibility index (Phi) is 7.12. The van der Waals surface area contributed by atoms with Crippen LogP contribution in [0, 0.1) is 0 Å². The molecule has 0 aliphatic carbocycles. The van der Waals surface area contributed by atoms with Crippen LogP contribution in [0.5, 0.6) is 0 Å². The lowest BCUT2D eigenvalue weighted by Gasteiger charge is -2.10. The van der Waals surface area contributed by atoms with Gasteiger partial charge < -0.3 is 16.0 Å². The molecule has 22 heavy (non-hydrogen) atoms. The molecule has 2 heterocycles. The van der Waals surface area contributed by atoms with Gasteiger partial charge >= 0.3 is 0 Å². The van der Waals surface area contributed by atoms with Crippen molar-refractivity contribution in [1.29, 1.82) is 0 Å². The lowest BCUT2D eigenvalue weighted by Crippen LogP contribution is -2.21. The summed E-state index contributed by atoms with van der Waals surface area (Å²) in [6, 6.07) is 8.05. The normalized spacial score (nSPS) is 10.5. The quantitative estimate of drug-likeness (QED) is 0.598. The van der Waals surface area contributed by atoms with Gasteiger partial charge in [0, 0.05) is 49.1 Å². The molecular formula is C16H22BrN5. The number of halogens is 1. The SMILES string of the molecule is CNc1ncccc1NCCCNCCc1ccc(Br)cn1. The van der Waals surface area contributed by atoms with Gasteiger partial charge in [-0.3, -0.25) is 4.98 Å². The molecule has 0 unspecified atom stereocenters. The maximum absolute atomic E-state index is 4.36. The van der Waals surface area contributed by atoms with E-state index in [2.05, 4.69) is 47.9 Å². The number of nitrogens with one attached hydrogen (secondary N) is 3. The Labute approximate surface area is 140 Å². The predicted molar refractivity (Wildman–Crippen MR) is 95.4 cm³/mol. The van der Waals surface area contributed by atoms with E-state index in [4.69, 9.17) is 0 Å². The molecule has 6 heteroatoms. The summed E-state index contributed by atoms with van der Waals surface area (Å²) in [5.74, 6) is 0.886. The third-order valence-corrected chi connectivity index (χ3v) is 3.71. The number of hydrogen-bond donors (Lipinski definition) is 3. The molecule has 0 aromatic carbocycles. The molecule has 0 aliphatic heterocycles. The molecule has 0 fully saturated rings. The maximum Gasteiger partial charge on any atom is 0.149 e. The van der Waals surface area contributed by atoms with Crippen LogP contribution in [0.25, 0.3) is 0 Å². The summed E-state index contributed by atoms with van der Waals surface area (Å²) >= 11 is 3.39. The first kappa shape index (κ1) is 16.7. The first-order valence-corrected chi connectivity index (χ1v) is 8.26. The van der Waals surface area contributed by atoms with E-state index in [1.807, 2.05) is 31.4 Å². The summed E-state index contributed by atoms with van der Waals surface area (Å²) in [4.78, 5) is 8.62. The van der Waals surface area contributed by atoms with Gasteiger partial charge in [0.1, 0.15) is 5.82 Å². The standard InChI is InChI=1S/C16H22BrN5/c1-18-16-15(4-2-9-21-16)20-10-3-8-19-11-7-14-6-5-13(17)12-22-14/h2,4-6,9,12,19-20H,3,7-8,10-11H2,1H3,(H,18,21). The second kappa shape index (κ2) is 9.38. The number of aromatic nitrogens is 2. The summed E-state index contributed by atoms with van der Waals surface area (Å²) in [5.41, 5.74) is 2.16. The molecule has 0 bridgehead atoms. The molecule has 0 saturated carbocycles. The van der Waals surface area contributed by atoms with Crippen LogP contribution in [-0.4, -0.2) is 36.6 Å². The predicted octanol–water partition coefficient (Wildman–Crippen LogP) is 2.92. The molecule has 118 valence electrons. The van der Waals surface area contributed by atoms with Gasteiger partial charge in [-0.25, -0.2) is 4.98 Å². The average Bonchev–Trinajstić information content (AvgIpc) is 2.56. The molecule has 2 rings (SSSR count). The summed E-state index contributed by atoms with van der Waals surface area (Å²) in [5, 5.41) is 9.92. The summed E-state index contributed by atoms with van der Waals surface area (Å²) < 4.78 is 1.02. The zero-order chi connectivity index (χ0) is 15.6. The van der Waals surface area contributed by atoms with E-state index in [-0.39, 0.29) is 0 Å². The largest absolute Gasteiger partial charge is 0.382 e. The van der Waals surface area contributed by atoms with Crippen LogP contribution in [0.4, 0.5) is 11.5 Å². The summed E-state index contributed by atoms with van der Waals surface area (Å²) in [6.45, 7) is 2.85. The minimum absolute atomic E-state index is 0.886. The van der Waals surface area contributed by atoms with E-state index < -0.39 is 0 Å². The van der Waals surface area contributed by atoms with Crippen molar-refractivity contribution in [3.63, 3.8) is 0 Å². The summed E-state index contributed by atoms with van der Waals surface area (Å²) in [7, 11) is 1.88. The smallest absolute Gasteiger partial charge is 0.149 e. The molecule has 0 amide bonds. The number of hydrogen-bond acceptors (Lipinski definition) is 5. The molecule has 0 spiro atoms. The first-order valence-electron chi connectivity index (χ1n) is 7.47. The van der Waals surface area contributed by atoms with E-state index >= 15 is 0 Å². The van der Waals surface area contributed by atoms with Crippen molar-refractivity contribution < 1.29 is 0 Å². The molecule has 5 nitrogen and oxygen atoms in total. The number of anilines is 2.